The molecular weight excluding hydrogens is 324 g/mol. The van der Waals surface area contributed by atoms with Gasteiger partial charge in [-0.3, -0.25) is 0 Å². The summed E-state index contributed by atoms with van der Waals surface area (Å²) < 4.78 is 0. The van der Waals surface area contributed by atoms with E-state index in [1.54, 1.807) is 35.3 Å². The fraction of sp³-hybridized carbons (Fsp3) is 0.600. The predicted molar refractivity (Wildman–Crippen MR) is 96.2 cm³/mol. The molecule has 0 heterocycles. The van der Waals surface area contributed by atoms with Crippen LogP contribution in [0.25, 0.3) is 0 Å². The minimum atomic E-state index is 0.218. The molecule has 0 unspecified atom stereocenters. The highest BCUT2D eigenvalue weighted by Crippen LogP contribution is 2.22. The van der Waals surface area contributed by atoms with Crippen LogP contribution in [0.1, 0.15) is 16.7 Å². The van der Waals surface area contributed by atoms with Gasteiger partial charge in [-0.05, 0) is 16.7 Å². The molecule has 0 aliphatic carbocycles. The molecule has 0 spiro atoms. The van der Waals surface area contributed by atoms with E-state index in [9.17, 15) is 0 Å². The second kappa shape index (κ2) is 12.7. The van der Waals surface area contributed by atoms with Crippen LogP contribution in [-0.4, -0.2) is 52.4 Å². The van der Waals surface area contributed by atoms with E-state index in [1.165, 1.54) is 16.7 Å². The molecule has 1 aromatic rings. The molecule has 0 radical (unpaired) electrons. The Kier molecular flexibility index (Phi) is 11.6. The van der Waals surface area contributed by atoms with Crippen molar-refractivity contribution in [1.82, 2.24) is 0 Å². The molecule has 1 rings (SSSR count). The van der Waals surface area contributed by atoms with Crippen molar-refractivity contribution in [2.24, 2.45) is 0 Å². The van der Waals surface area contributed by atoms with E-state index in [0.29, 0.717) is 0 Å². The summed E-state index contributed by atoms with van der Waals surface area (Å²) in [4.78, 5) is 0. The van der Waals surface area contributed by atoms with Gasteiger partial charge in [0.15, 0.2) is 0 Å². The van der Waals surface area contributed by atoms with Crippen molar-refractivity contribution in [1.29, 1.82) is 0 Å². The van der Waals surface area contributed by atoms with Gasteiger partial charge in [-0.15, -0.1) is 0 Å². The molecule has 0 aliphatic rings. The van der Waals surface area contributed by atoms with Gasteiger partial charge < -0.3 is 15.3 Å². The van der Waals surface area contributed by atoms with E-state index in [2.05, 4.69) is 18.2 Å². The third-order valence-electron chi connectivity index (χ3n) is 2.63. The molecule has 0 saturated heterocycles. The van der Waals surface area contributed by atoms with Crippen LogP contribution in [0, 0.1) is 0 Å². The van der Waals surface area contributed by atoms with Crippen LogP contribution in [-0.2, 0) is 17.3 Å². The molecule has 0 atom stereocenters. The second-order valence-corrected chi connectivity index (χ2v) is 7.80. The molecule has 3 N–H and O–H groups in total. The minimum absolute atomic E-state index is 0.218. The maximum Gasteiger partial charge on any atom is 0.0521 e. The van der Waals surface area contributed by atoms with Gasteiger partial charge in [0, 0.05) is 34.5 Å². The maximum atomic E-state index is 8.87. The average Bonchev–Trinajstić information content (AvgIpc) is 2.48. The highest BCUT2D eigenvalue weighted by molar-refractivity contribution is 7.99. The molecular formula is C15H24O3S3. The Hall–Kier alpha value is 0.150. The number of benzene rings is 1. The van der Waals surface area contributed by atoms with Gasteiger partial charge in [0.2, 0.25) is 0 Å². The molecule has 1 aromatic carbocycles. The predicted octanol–water partition coefficient (Wildman–Crippen LogP) is 2.36. The van der Waals surface area contributed by atoms with Gasteiger partial charge in [0.25, 0.3) is 0 Å². The van der Waals surface area contributed by atoms with E-state index in [-0.39, 0.29) is 19.8 Å². The van der Waals surface area contributed by atoms with E-state index in [4.69, 9.17) is 15.3 Å². The van der Waals surface area contributed by atoms with Gasteiger partial charge in [0.1, 0.15) is 0 Å². The molecule has 0 amide bonds. The number of hydrogen-bond donors (Lipinski definition) is 3. The minimum Gasteiger partial charge on any atom is -0.396 e. The van der Waals surface area contributed by atoms with Crippen molar-refractivity contribution < 1.29 is 15.3 Å². The van der Waals surface area contributed by atoms with Crippen molar-refractivity contribution in [3.63, 3.8) is 0 Å². The molecule has 6 heteroatoms. The zero-order valence-corrected chi connectivity index (χ0v) is 14.6. The number of hydrogen-bond acceptors (Lipinski definition) is 6. The summed E-state index contributed by atoms with van der Waals surface area (Å²) in [6.07, 6.45) is 0. The Morgan fingerprint density at radius 3 is 1.10 bits per heavy atom. The molecule has 0 bridgehead atoms. The summed E-state index contributed by atoms with van der Waals surface area (Å²) in [5, 5.41) is 26.6. The second-order valence-electron chi connectivity index (χ2n) is 4.49. The summed E-state index contributed by atoms with van der Waals surface area (Å²) >= 11 is 5.21. The third-order valence-corrected chi connectivity index (χ3v) is 5.65. The van der Waals surface area contributed by atoms with Crippen LogP contribution in [0.5, 0.6) is 0 Å². The smallest absolute Gasteiger partial charge is 0.0521 e. The maximum absolute atomic E-state index is 8.87. The quantitative estimate of drug-likeness (QED) is 0.504. The van der Waals surface area contributed by atoms with Crippen molar-refractivity contribution in [3.8, 4) is 0 Å². The van der Waals surface area contributed by atoms with Crippen molar-refractivity contribution >= 4 is 35.3 Å². The fourth-order valence-electron chi connectivity index (χ4n) is 1.85. The third kappa shape index (κ3) is 9.01. The first-order valence-electron chi connectivity index (χ1n) is 6.97. The Balaban J connectivity index is 2.65. The Labute approximate surface area is 139 Å². The van der Waals surface area contributed by atoms with E-state index >= 15 is 0 Å². The van der Waals surface area contributed by atoms with Crippen LogP contribution in [0.15, 0.2) is 18.2 Å². The molecule has 0 aromatic heterocycles. The van der Waals surface area contributed by atoms with Gasteiger partial charge in [-0.1, -0.05) is 18.2 Å². The lowest BCUT2D eigenvalue weighted by Gasteiger charge is -2.10. The molecule has 120 valence electrons. The monoisotopic (exact) mass is 348 g/mol. The van der Waals surface area contributed by atoms with Crippen molar-refractivity contribution in [2.45, 2.75) is 17.3 Å². The Morgan fingerprint density at radius 1 is 0.571 bits per heavy atom. The molecule has 21 heavy (non-hydrogen) atoms. The van der Waals surface area contributed by atoms with Gasteiger partial charge in [0.05, 0.1) is 19.8 Å². The first-order chi connectivity index (χ1) is 10.3. The van der Waals surface area contributed by atoms with Crippen LogP contribution >= 0.6 is 35.3 Å². The van der Waals surface area contributed by atoms with Crippen LogP contribution in [0.4, 0.5) is 0 Å². The van der Waals surface area contributed by atoms with E-state index in [1.807, 2.05) is 0 Å². The van der Waals surface area contributed by atoms with Crippen molar-refractivity contribution in [3.05, 3.63) is 34.9 Å². The standard InChI is InChI=1S/C15H24O3S3/c16-1-4-19-10-13-7-14(11-20-5-2-17)9-15(8-13)12-21-6-3-18/h7-9,16-18H,1-6,10-12H2. The van der Waals surface area contributed by atoms with Crippen molar-refractivity contribution in [2.75, 3.05) is 37.1 Å². The number of aliphatic hydroxyl groups is 3. The lowest BCUT2D eigenvalue weighted by molar-refractivity contribution is 0.322. The topological polar surface area (TPSA) is 60.7 Å². The number of aliphatic hydroxyl groups excluding tert-OH is 3. The van der Waals surface area contributed by atoms with Crippen LogP contribution in [0.2, 0.25) is 0 Å². The normalized spacial score (nSPS) is 11.0. The first-order valence-corrected chi connectivity index (χ1v) is 10.4. The largest absolute Gasteiger partial charge is 0.396 e. The summed E-state index contributed by atoms with van der Waals surface area (Å²) in [5.41, 5.74) is 3.86. The Morgan fingerprint density at radius 2 is 0.857 bits per heavy atom. The Bertz CT molecular complexity index is 319. The number of rotatable bonds is 12. The lowest BCUT2D eigenvalue weighted by atomic mass is 10.1. The fourth-order valence-corrected chi connectivity index (χ4v) is 3.88. The number of thioether (sulfide) groups is 3. The molecule has 0 saturated carbocycles. The first kappa shape index (κ1) is 19.2. The zero-order chi connectivity index (χ0) is 15.3. The lowest BCUT2D eigenvalue weighted by Crippen LogP contribution is -1.95. The average molecular weight is 349 g/mol. The summed E-state index contributed by atoms with van der Waals surface area (Å²) in [7, 11) is 0. The summed E-state index contributed by atoms with van der Waals surface area (Å²) in [5.74, 6) is 5.03. The van der Waals surface area contributed by atoms with Gasteiger partial charge >= 0.3 is 0 Å². The van der Waals surface area contributed by atoms with E-state index < -0.39 is 0 Å². The molecule has 0 fully saturated rings. The summed E-state index contributed by atoms with van der Waals surface area (Å²) in [6.45, 7) is 0.655. The molecule has 3 nitrogen and oxygen atoms in total. The highest BCUT2D eigenvalue weighted by atomic mass is 32.2. The summed E-state index contributed by atoms with van der Waals surface area (Å²) in [6, 6.07) is 6.65. The molecule has 0 aliphatic heterocycles. The van der Waals surface area contributed by atoms with Gasteiger partial charge in [-0.25, -0.2) is 0 Å². The van der Waals surface area contributed by atoms with Gasteiger partial charge in [-0.2, -0.15) is 35.3 Å². The van der Waals surface area contributed by atoms with Crippen LogP contribution in [0.3, 0.4) is 0 Å². The highest BCUT2D eigenvalue weighted by Gasteiger charge is 2.03. The van der Waals surface area contributed by atoms with E-state index in [0.717, 1.165) is 34.5 Å². The SMILES string of the molecule is OCCSCc1cc(CSCCO)cc(CSCCO)c1. The zero-order valence-electron chi connectivity index (χ0n) is 12.2. The van der Waals surface area contributed by atoms with Crippen LogP contribution < -0.4 is 0 Å².